The minimum absolute atomic E-state index is 0.158. The van der Waals surface area contributed by atoms with Crippen LogP contribution < -0.4 is 16.0 Å². The van der Waals surface area contributed by atoms with Gasteiger partial charge in [-0.25, -0.2) is 13.9 Å². The summed E-state index contributed by atoms with van der Waals surface area (Å²) in [5, 5.41) is 16.2. The summed E-state index contributed by atoms with van der Waals surface area (Å²) in [7, 11) is 0. The molecular formula is C19H18FN7O. The maximum atomic E-state index is 15.0. The predicted molar refractivity (Wildman–Crippen MR) is 102 cm³/mol. The van der Waals surface area contributed by atoms with E-state index in [1.165, 1.54) is 12.4 Å². The van der Waals surface area contributed by atoms with E-state index in [4.69, 9.17) is 11.0 Å². The zero-order valence-electron chi connectivity index (χ0n) is 14.9. The highest BCUT2D eigenvalue weighted by Crippen LogP contribution is 2.27. The zero-order valence-corrected chi connectivity index (χ0v) is 14.9. The van der Waals surface area contributed by atoms with E-state index in [9.17, 15) is 9.18 Å². The second-order valence-electron chi connectivity index (χ2n) is 6.65. The van der Waals surface area contributed by atoms with Crippen molar-refractivity contribution in [3.05, 3.63) is 54.0 Å². The molecule has 1 amide bonds. The van der Waals surface area contributed by atoms with Crippen molar-refractivity contribution in [2.45, 2.75) is 18.6 Å². The number of pyridine rings is 1. The van der Waals surface area contributed by atoms with E-state index in [2.05, 4.69) is 15.4 Å². The lowest BCUT2D eigenvalue weighted by atomic mass is 10.0. The summed E-state index contributed by atoms with van der Waals surface area (Å²) in [6.45, 7) is 0.746. The van der Waals surface area contributed by atoms with Crippen LogP contribution in [0.5, 0.6) is 0 Å². The average Bonchev–Trinajstić information content (AvgIpc) is 3.18. The van der Waals surface area contributed by atoms with Crippen molar-refractivity contribution < 1.29 is 9.18 Å². The van der Waals surface area contributed by atoms with Gasteiger partial charge in [-0.1, -0.05) is 0 Å². The van der Waals surface area contributed by atoms with Crippen LogP contribution in [0.2, 0.25) is 0 Å². The number of nitriles is 1. The highest BCUT2D eigenvalue weighted by molar-refractivity contribution is 6.01. The Balaban J connectivity index is 1.54. The quantitative estimate of drug-likeness (QED) is 0.714. The van der Waals surface area contributed by atoms with Crippen LogP contribution in [-0.2, 0) is 0 Å². The van der Waals surface area contributed by atoms with Crippen LogP contribution in [0.1, 0.15) is 22.3 Å². The minimum Gasteiger partial charge on any atom is -0.377 e. The molecule has 1 aliphatic rings. The lowest BCUT2D eigenvalue weighted by Gasteiger charge is -2.36. The Kier molecular flexibility index (Phi) is 4.53. The third-order valence-electron chi connectivity index (χ3n) is 4.90. The molecule has 1 saturated heterocycles. The van der Waals surface area contributed by atoms with Crippen LogP contribution in [0.3, 0.4) is 0 Å². The molecule has 0 unspecified atom stereocenters. The van der Waals surface area contributed by atoms with Crippen LogP contribution in [0.15, 0.2) is 42.9 Å². The van der Waals surface area contributed by atoms with Gasteiger partial charge in [0, 0.05) is 18.9 Å². The number of hydrogen-bond donors (Lipinski definition) is 2. The lowest BCUT2D eigenvalue weighted by Crippen LogP contribution is -2.48. The first-order valence-electron chi connectivity index (χ1n) is 8.84. The molecule has 3 N–H and O–H groups in total. The van der Waals surface area contributed by atoms with E-state index in [0.717, 1.165) is 0 Å². The molecule has 1 aliphatic heterocycles. The Morgan fingerprint density at radius 2 is 2.21 bits per heavy atom. The third kappa shape index (κ3) is 3.20. The fraction of sp³-hybridized carbons (Fsp3) is 0.263. The molecule has 3 aromatic rings. The molecule has 9 heteroatoms. The number of halogens is 1. The number of nitrogens with one attached hydrogen (secondary N) is 1. The van der Waals surface area contributed by atoms with Crippen LogP contribution >= 0.6 is 0 Å². The molecule has 2 atom stereocenters. The second-order valence-corrected chi connectivity index (χ2v) is 6.65. The van der Waals surface area contributed by atoms with Gasteiger partial charge >= 0.3 is 0 Å². The number of carbonyl (C=O) groups excluding carboxylic acids is 1. The van der Waals surface area contributed by atoms with E-state index in [0.29, 0.717) is 35.6 Å². The summed E-state index contributed by atoms with van der Waals surface area (Å²) >= 11 is 0. The first-order valence-corrected chi connectivity index (χ1v) is 8.84. The van der Waals surface area contributed by atoms with E-state index in [1.807, 2.05) is 11.0 Å². The number of piperidine rings is 1. The molecule has 3 aromatic heterocycles. The Hall–Kier alpha value is -3.67. The number of carbonyl (C=O) groups is 1. The number of amides is 1. The number of nitrogens with two attached hydrogens (primary N) is 1. The van der Waals surface area contributed by atoms with Gasteiger partial charge in [0.1, 0.15) is 18.1 Å². The van der Waals surface area contributed by atoms with Crippen LogP contribution in [0, 0.1) is 11.3 Å². The van der Waals surface area contributed by atoms with Gasteiger partial charge in [-0.3, -0.25) is 4.79 Å². The molecule has 4 heterocycles. The van der Waals surface area contributed by atoms with E-state index < -0.39 is 18.1 Å². The largest absolute Gasteiger partial charge is 0.377 e. The fourth-order valence-corrected chi connectivity index (χ4v) is 3.43. The van der Waals surface area contributed by atoms with E-state index in [-0.39, 0.29) is 12.1 Å². The molecule has 142 valence electrons. The van der Waals surface area contributed by atoms with Crippen molar-refractivity contribution >= 4 is 22.9 Å². The predicted octanol–water partition coefficient (Wildman–Crippen LogP) is 1.73. The van der Waals surface area contributed by atoms with E-state index >= 15 is 0 Å². The average molecular weight is 379 g/mol. The van der Waals surface area contributed by atoms with Gasteiger partial charge in [-0.2, -0.15) is 10.4 Å². The monoisotopic (exact) mass is 379 g/mol. The minimum atomic E-state index is -1.19. The second kappa shape index (κ2) is 7.15. The number of aromatic nitrogens is 3. The number of alkyl halides is 1. The molecular weight excluding hydrogens is 361 g/mol. The van der Waals surface area contributed by atoms with Crippen molar-refractivity contribution in [2.24, 2.45) is 5.73 Å². The molecule has 0 saturated carbocycles. The van der Waals surface area contributed by atoms with Crippen molar-refractivity contribution in [1.82, 2.24) is 14.6 Å². The highest BCUT2D eigenvalue weighted by Gasteiger charge is 2.31. The van der Waals surface area contributed by atoms with Crippen molar-refractivity contribution in [3.63, 3.8) is 0 Å². The molecule has 8 nitrogen and oxygen atoms in total. The van der Waals surface area contributed by atoms with Gasteiger partial charge in [-0.15, -0.1) is 0 Å². The van der Waals surface area contributed by atoms with Crippen LogP contribution in [0.4, 0.5) is 15.9 Å². The molecule has 0 spiro atoms. The van der Waals surface area contributed by atoms with Gasteiger partial charge in [0.05, 0.1) is 41.1 Å². The molecule has 1 fully saturated rings. The van der Waals surface area contributed by atoms with Crippen LogP contribution in [0.25, 0.3) is 5.52 Å². The molecule has 0 bridgehead atoms. The maximum absolute atomic E-state index is 15.0. The molecule has 0 radical (unpaired) electrons. The topological polar surface area (TPSA) is 112 Å². The number of rotatable bonds is 4. The number of nitrogens with zero attached hydrogens (tertiary/aromatic N) is 5. The smallest absolute Gasteiger partial charge is 0.252 e. The highest BCUT2D eigenvalue weighted by atomic mass is 19.1. The van der Waals surface area contributed by atoms with Crippen LogP contribution in [-0.4, -0.2) is 45.8 Å². The SMILES string of the molecule is N#Cc1ccc(N2CC[C@@H](Nc3c(C(N)=O)cnn4cccc34)[C@@H](F)C2)nc1. The number of hydrogen-bond acceptors (Lipinski definition) is 6. The summed E-state index contributed by atoms with van der Waals surface area (Å²) in [5.74, 6) is 0.0177. The summed E-state index contributed by atoms with van der Waals surface area (Å²) in [6, 6.07) is 8.52. The number of primary amides is 1. The van der Waals surface area contributed by atoms with Gasteiger partial charge in [-0.05, 0) is 30.7 Å². The Labute approximate surface area is 160 Å². The zero-order chi connectivity index (χ0) is 19.7. The normalized spacial score (nSPS) is 19.4. The van der Waals surface area contributed by atoms with E-state index in [1.54, 1.807) is 35.0 Å². The van der Waals surface area contributed by atoms with Gasteiger partial charge < -0.3 is 16.0 Å². The van der Waals surface area contributed by atoms with Crippen molar-refractivity contribution in [2.75, 3.05) is 23.3 Å². The molecule has 0 aliphatic carbocycles. The summed E-state index contributed by atoms with van der Waals surface area (Å²) < 4.78 is 16.6. The Bertz CT molecular complexity index is 1060. The van der Waals surface area contributed by atoms with Crippen molar-refractivity contribution in [3.8, 4) is 6.07 Å². The first-order chi connectivity index (χ1) is 13.6. The summed E-state index contributed by atoms with van der Waals surface area (Å²) in [5.41, 5.74) is 7.33. The molecule has 28 heavy (non-hydrogen) atoms. The standard InChI is InChI=1S/C19H18FN7O/c20-14-11-26(17-4-3-12(8-21)9-23-17)7-5-15(14)25-18-13(19(22)28)10-24-27-6-1-2-16(18)27/h1-4,6,9-10,14-15,25H,5,7,11H2,(H2,22,28)/t14-,15+/m0/s1. The maximum Gasteiger partial charge on any atom is 0.252 e. The van der Waals surface area contributed by atoms with Gasteiger partial charge in [0.15, 0.2) is 0 Å². The number of fused-ring (bicyclic) bond motifs is 1. The van der Waals surface area contributed by atoms with Crippen molar-refractivity contribution in [1.29, 1.82) is 5.26 Å². The lowest BCUT2D eigenvalue weighted by molar-refractivity contribution is 0.100. The number of anilines is 2. The fourth-order valence-electron chi connectivity index (χ4n) is 3.43. The summed E-state index contributed by atoms with van der Waals surface area (Å²) in [6.07, 6.45) is 3.94. The molecule has 4 rings (SSSR count). The Morgan fingerprint density at radius 3 is 2.89 bits per heavy atom. The molecule has 0 aromatic carbocycles. The Morgan fingerprint density at radius 1 is 1.36 bits per heavy atom. The van der Waals surface area contributed by atoms with Gasteiger partial charge in [0.25, 0.3) is 5.91 Å². The summed E-state index contributed by atoms with van der Waals surface area (Å²) in [4.78, 5) is 17.9. The first kappa shape index (κ1) is 17.7. The van der Waals surface area contributed by atoms with Gasteiger partial charge in [0.2, 0.25) is 0 Å². The third-order valence-corrected chi connectivity index (χ3v) is 4.90.